The summed E-state index contributed by atoms with van der Waals surface area (Å²) in [7, 11) is 0. The van der Waals surface area contributed by atoms with Gasteiger partial charge >= 0.3 is 0 Å². The number of halogens is 1. The highest BCUT2D eigenvalue weighted by Crippen LogP contribution is 2.22. The van der Waals surface area contributed by atoms with Crippen molar-refractivity contribution in [2.75, 3.05) is 26.2 Å². The Morgan fingerprint density at radius 1 is 1.24 bits per heavy atom. The van der Waals surface area contributed by atoms with Gasteiger partial charge in [-0.15, -0.1) is 12.4 Å². The van der Waals surface area contributed by atoms with E-state index >= 15 is 0 Å². The summed E-state index contributed by atoms with van der Waals surface area (Å²) in [6.45, 7) is 11.2. The molecule has 2 rings (SSSR count). The summed E-state index contributed by atoms with van der Waals surface area (Å²) in [5, 5.41) is 6.11. The van der Waals surface area contributed by atoms with Crippen molar-refractivity contribution in [1.82, 2.24) is 15.5 Å². The third-order valence-electron chi connectivity index (χ3n) is 4.46. The number of nitrogens with one attached hydrogen (secondary N) is 2. The average Bonchev–Trinajstić information content (AvgIpc) is 2.54. The maximum absolute atomic E-state index is 12.2. The lowest BCUT2D eigenvalue weighted by Gasteiger charge is -2.34. The first kappa shape index (κ1) is 21.5. The molecule has 1 atom stereocenters. The third kappa shape index (κ3) is 6.01. The van der Waals surface area contributed by atoms with E-state index in [1.807, 2.05) is 36.1 Å². The zero-order chi connectivity index (χ0) is 17.7. The lowest BCUT2D eigenvalue weighted by atomic mass is 9.87. The van der Waals surface area contributed by atoms with Crippen LogP contribution >= 0.6 is 12.4 Å². The Kier molecular flexibility index (Phi) is 7.90. The molecule has 1 saturated heterocycles. The highest BCUT2D eigenvalue weighted by Gasteiger charge is 2.22. The second-order valence-electron chi connectivity index (χ2n) is 7.47. The Bertz CT molecular complexity index is 581. The Morgan fingerprint density at radius 2 is 1.88 bits per heavy atom. The molecule has 1 fully saturated rings. The van der Waals surface area contributed by atoms with Gasteiger partial charge in [0.25, 0.3) is 5.91 Å². The van der Waals surface area contributed by atoms with Crippen molar-refractivity contribution in [3.8, 4) is 0 Å². The van der Waals surface area contributed by atoms with E-state index in [0.717, 1.165) is 19.6 Å². The molecule has 2 N–H and O–H groups in total. The van der Waals surface area contributed by atoms with Crippen LogP contribution in [0, 0.1) is 0 Å². The first-order valence-electron chi connectivity index (χ1n) is 8.68. The van der Waals surface area contributed by atoms with E-state index < -0.39 is 0 Å². The van der Waals surface area contributed by atoms with Gasteiger partial charge in [0, 0.05) is 44.2 Å². The number of piperazine rings is 1. The molecular weight excluding hydrogens is 338 g/mol. The van der Waals surface area contributed by atoms with Gasteiger partial charge in [-0.25, -0.2) is 0 Å². The van der Waals surface area contributed by atoms with Crippen LogP contribution in [0.25, 0.3) is 0 Å². The topological polar surface area (TPSA) is 61.4 Å². The molecule has 0 bridgehead atoms. The fourth-order valence-corrected chi connectivity index (χ4v) is 2.86. The highest BCUT2D eigenvalue weighted by molar-refractivity contribution is 5.94. The summed E-state index contributed by atoms with van der Waals surface area (Å²) in [6.07, 6.45) is 0.343. The van der Waals surface area contributed by atoms with Crippen molar-refractivity contribution < 1.29 is 9.59 Å². The predicted molar refractivity (Wildman–Crippen MR) is 103 cm³/mol. The molecule has 1 aliphatic heterocycles. The van der Waals surface area contributed by atoms with Gasteiger partial charge in [-0.1, -0.05) is 32.9 Å². The normalized spacial score (nSPS) is 17.6. The standard InChI is InChI=1S/C19H29N3O2.ClH/c1-14-13-20-11-12-22(14)17(23)9-10-21-18(24)15-5-7-16(8-6-15)19(2,3)4;/h5-8,14,20H,9-13H2,1-4H3,(H,21,24);1H/t14-;/m0./s1. The second kappa shape index (κ2) is 9.20. The lowest BCUT2D eigenvalue weighted by molar-refractivity contribution is -0.133. The van der Waals surface area contributed by atoms with E-state index in [1.54, 1.807) is 0 Å². The summed E-state index contributed by atoms with van der Waals surface area (Å²) in [5.74, 6) is -0.0241. The fraction of sp³-hybridized carbons (Fsp3) is 0.579. The average molecular weight is 368 g/mol. The summed E-state index contributed by atoms with van der Waals surface area (Å²) in [4.78, 5) is 26.3. The van der Waals surface area contributed by atoms with E-state index in [4.69, 9.17) is 0 Å². The van der Waals surface area contributed by atoms with Gasteiger partial charge in [0.15, 0.2) is 0 Å². The molecule has 1 aliphatic rings. The molecule has 5 nitrogen and oxygen atoms in total. The van der Waals surface area contributed by atoms with Crippen molar-refractivity contribution in [2.24, 2.45) is 0 Å². The molecule has 1 aromatic carbocycles. The summed E-state index contributed by atoms with van der Waals surface area (Å²) in [6, 6.07) is 7.88. The highest BCUT2D eigenvalue weighted by atomic mass is 35.5. The summed E-state index contributed by atoms with van der Waals surface area (Å²) < 4.78 is 0. The van der Waals surface area contributed by atoms with E-state index in [2.05, 4.69) is 31.4 Å². The second-order valence-corrected chi connectivity index (χ2v) is 7.47. The van der Waals surface area contributed by atoms with Crippen molar-refractivity contribution >= 4 is 24.2 Å². The number of hydrogen-bond acceptors (Lipinski definition) is 3. The monoisotopic (exact) mass is 367 g/mol. The zero-order valence-corrected chi connectivity index (χ0v) is 16.4. The van der Waals surface area contributed by atoms with Gasteiger partial charge in [0.1, 0.15) is 0 Å². The van der Waals surface area contributed by atoms with Crippen LogP contribution in [0.3, 0.4) is 0 Å². The molecule has 0 radical (unpaired) electrons. The fourth-order valence-electron chi connectivity index (χ4n) is 2.86. The first-order valence-corrected chi connectivity index (χ1v) is 8.68. The minimum absolute atomic E-state index is 0. The van der Waals surface area contributed by atoms with Gasteiger partial charge < -0.3 is 15.5 Å². The quantitative estimate of drug-likeness (QED) is 0.858. The van der Waals surface area contributed by atoms with Crippen molar-refractivity contribution in [3.63, 3.8) is 0 Å². The lowest BCUT2D eigenvalue weighted by Crippen LogP contribution is -2.52. The maximum atomic E-state index is 12.2. The van der Waals surface area contributed by atoms with Gasteiger partial charge in [0.05, 0.1) is 0 Å². The molecule has 0 spiro atoms. The minimum atomic E-state index is -0.128. The Labute approximate surface area is 157 Å². The largest absolute Gasteiger partial charge is 0.352 e. The van der Waals surface area contributed by atoms with E-state index in [9.17, 15) is 9.59 Å². The molecule has 1 aromatic rings. The smallest absolute Gasteiger partial charge is 0.251 e. The SMILES string of the molecule is C[C@H]1CNCCN1C(=O)CCNC(=O)c1ccc(C(C)(C)C)cc1.Cl. The van der Waals surface area contributed by atoms with Crippen LogP contribution in [-0.2, 0) is 10.2 Å². The molecular formula is C19H30ClN3O2. The zero-order valence-electron chi connectivity index (χ0n) is 15.6. The van der Waals surface area contributed by atoms with Crippen molar-refractivity contribution in [3.05, 3.63) is 35.4 Å². The van der Waals surface area contributed by atoms with Gasteiger partial charge in [-0.2, -0.15) is 0 Å². The molecule has 0 aromatic heterocycles. The summed E-state index contributed by atoms with van der Waals surface area (Å²) >= 11 is 0. The Morgan fingerprint density at radius 3 is 2.44 bits per heavy atom. The van der Waals surface area contributed by atoms with Crippen LogP contribution in [0.15, 0.2) is 24.3 Å². The number of rotatable bonds is 4. The maximum Gasteiger partial charge on any atom is 0.251 e. The Balaban J connectivity index is 0.00000312. The van der Waals surface area contributed by atoms with E-state index in [0.29, 0.717) is 18.5 Å². The minimum Gasteiger partial charge on any atom is -0.352 e. The number of nitrogens with zero attached hydrogens (tertiary/aromatic N) is 1. The molecule has 0 aliphatic carbocycles. The molecule has 0 unspecified atom stereocenters. The first-order chi connectivity index (χ1) is 11.3. The molecule has 1 heterocycles. The Hall–Kier alpha value is -1.59. The molecule has 6 heteroatoms. The third-order valence-corrected chi connectivity index (χ3v) is 4.46. The van der Waals surface area contributed by atoms with Crippen molar-refractivity contribution in [2.45, 2.75) is 45.6 Å². The van der Waals surface area contributed by atoms with Crippen LogP contribution < -0.4 is 10.6 Å². The van der Waals surface area contributed by atoms with Crippen molar-refractivity contribution in [1.29, 1.82) is 0 Å². The number of amides is 2. The molecule has 140 valence electrons. The van der Waals surface area contributed by atoms with Crippen LogP contribution in [0.5, 0.6) is 0 Å². The number of carbonyl (C=O) groups is 2. The van der Waals surface area contributed by atoms with Gasteiger partial charge in [0.2, 0.25) is 5.91 Å². The van der Waals surface area contributed by atoms with Crippen LogP contribution in [0.1, 0.15) is 50.0 Å². The van der Waals surface area contributed by atoms with Gasteiger partial charge in [-0.3, -0.25) is 9.59 Å². The molecule has 25 heavy (non-hydrogen) atoms. The number of carbonyl (C=O) groups excluding carboxylic acids is 2. The number of benzene rings is 1. The van der Waals surface area contributed by atoms with Crippen LogP contribution in [-0.4, -0.2) is 48.9 Å². The predicted octanol–water partition coefficient (Wildman–Crippen LogP) is 2.35. The molecule has 0 saturated carbocycles. The van der Waals surface area contributed by atoms with Gasteiger partial charge in [-0.05, 0) is 30.0 Å². The van der Waals surface area contributed by atoms with Crippen LogP contribution in [0.4, 0.5) is 0 Å². The summed E-state index contributed by atoms with van der Waals surface area (Å²) in [5.41, 5.74) is 1.90. The van der Waals surface area contributed by atoms with E-state index in [-0.39, 0.29) is 35.7 Å². The molecule has 2 amide bonds. The van der Waals surface area contributed by atoms with E-state index in [1.165, 1.54) is 5.56 Å². The number of hydrogen-bond donors (Lipinski definition) is 2. The van der Waals surface area contributed by atoms with Crippen LogP contribution in [0.2, 0.25) is 0 Å².